The fraction of sp³-hybridized carbons (Fsp3) is 0.588. The summed E-state index contributed by atoms with van der Waals surface area (Å²) in [6.45, 7) is 2.72. The predicted octanol–water partition coefficient (Wildman–Crippen LogP) is 3.54. The first-order valence-electron chi connectivity index (χ1n) is 7.46. The minimum atomic E-state index is 0.0104. The van der Waals surface area contributed by atoms with E-state index in [2.05, 4.69) is 0 Å². The van der Waals surface area contributed by atoms with E-state index in [1.807, 2.05) is 25.1 Å². The Balaban J connectivity index is 1.81. The van der Waals surface area contributed by atoms with Crippen LogP contribution in [0.2, 0.25) is 0 Å². The van der Waals surface area contributed by atoms with E-state index in [0.29, 0.717) is 12.4 Å². The van der Waals surface area contributed by atoms with Crippen molar-refractivity contribution in [3.8, 4) is 5.75 Å². The summed E-state index contributed by atoms with van der Waals surface area (Å²) < 4.78 is 11.3. The molecule has 0 N–H and O–H groups in total. The van der Waals surface area contributed by atoms with Gasteiger partial charge in [0.15, 0.2) is 5.78 Å². The van der Waals surface area contributed by atoms with Crippen LogP contribution in [0.4, 0.5) is 0 Å². The standard InChI is InChI=1S/C17H22O3/c1-12-4-5-14(15(10-12)19-2)16(18)13-6-9-20-17(11-13)7-3-8-17/h4-5,10,13H,3,6-9,11H2,1-2H3. The molecule has 1 heterocycles. The number of Topliss-reactive ketones (excluding diaryl/α,β-unsaturated/α-hetero) is 1. The van der Waals surface area contributed by atoms with E-state index in [1.165, 1.54) is 6.42 Å². The Bertz CT molecular complexity index is 517. The zero-order chi connectivity index (χ0) is 14.2. The van der Waals surface area contributed by atoms with Crippen LogP contribution in [0.5, 0.6) is 5.75 Å². The summed E-state index contributed by atoms with van der Waals surface area (Å²) in [4.78, 5) is 12.8. The average Bonchev–Trinajstić information content (AvgIpc) is 2.45. The van der Waals surface area contributed by atoms with Crippen LogP contribution in [0.25, 0.3) is 0 Å². The van der Waals surface area contributed by atoms with Gasteiger partial charge in [-0.1, -0.05) is 6.07 Å². The summed E-state index contributed by atoms with van der Waals surface area (Å²) in [7, 11) is 1.63. The molecule has 3 rings (SSSR count). The highest BCUT2D eigenvalue weighted by molar-refractivity contribution is 6.00. The molecule has 108 valence electrons. The van der Waals surface area contributed by atoms with E-state index in [4.69, 9.17) is 9.47 Å². The second-order valence-corrected chi connectivity index (χ2v) is 6.14. The number of ketones is 1. The molecular weight excluding hydrogens is 252 g/mol. The molecule has 1 spiro atoms. The van der Waals surface area contributed by atoms with E-state index in [0.717, 1.165) is 36.8 Å². The quantitative estimate of drug-likeness (QED) is 0.791. The van der Waals surface area contributed by atoms with Gasteiger partial charge in [0.25, 0.3) is 0 Å². The van der Waals surface area contributed by atoms with Gasteiger partial charge in [-0.3, -0.25) is 4.79 Å². The molecule has 2 aliphatic rings. The van der Waals surface area contributed by atoms with E-state index >= 15 is 0 Å². The molecular formula is C17H22O3. The summed E-state index contributed by atoms with van der Waals surface area (Å²) in [6, 6.07) is 5.82. The molecule has 1 atom stereocenters. The third kappa shape index (κ3) is 2.35. The average molecular weight is 274 g/mol. The van der Waals surface area contributed by atoms with Crippen molar-refractivity contribution in [3.63, 3.8) is 0 Å². The lowest BCUT2D eigenvalue weighted by Gasteiger charge is -2.46. The summed E-state index contributed by atoms with van der Waals surface area (Å²) >= 11 is 0. The molecule has 3 nitrogen and oxygen atoms in total. The van der Waals surface area contributed by atoms with Gasteiger partial charge in [-0.25, -0.2) is 0 Å². The molecule has 1 aromatic rings. The number of rotatable bonds is 3. The lowest BCUT2D eigenvalue weighted by molar-refractivity contribution is -0.137. The maximum Gasteiger partial charge on any atom is 0.169 e. The Kier molecular flexibility index (Phi) is 3.55. The Morgan fingerprint density at radius 1 is 1.40 bits per heavy atom. The van der Waals surface area contributed by atoms with Crippen LogP contribution in [-0.4, -0.2) is 25.1 Å². The van der Waals surface area contributed by atoms with E-state index in [-0.39, 0.29) is 17.3 Å². The van der Waals surface area contributed by atoms with Crippen molar-refractivity contribution >= 4 is 5.78 Å². The summed E-state index contributed by atoms with van der Waals surface area (Å²) in [6.07, 6.45) is 5.17. The van der Waals surface area contributed by atoms with E-state index in [9.17, 15) is 4.79 Å². The molecule has 2 fully saturated rings. The van der Waals surface area contributed by atoms with Crippen molar-refractivity contribution in [2.24, 2.45) is 5.92 Å². The predicted molar refractivity (Wildman–Crippen MR) is 77.3 cm³/mol. The van der Waals surface area contributed by atoms with Crippen molar-refractivity contribution in [2.45, 2.75) is 44.6 Å². The molecule has 20 heavy (non-hydrogen) atoms. The highest BCUT2D eigenvalue weighted by Gasteiger charge is 2.44. The Hall–Kier alpha value is -1.35. The lowest BCUT2D eigenvalue weighted by atomic mass is 9.70. The van der Waals surface area contributed by atoms with Crippen molar-refractivity contribution < 1.29 is 14.3 Å². The van der Waals surface area contributed by atoms with Crippen molar-refractivity contribution in [1.29, 1.82) is 0 Å². The zero-order valence-corrected chi connectivity index (χ0v) is 12.3. The monoisotopic (exact) mass is 274 g/mol. The smallest absolute Gasteiger partial charge is 0.169 e. The zero-order valence-electron chi connectivity index (χ0n) is 12.3. The fourth-order valence-electron chi connectivity index (χ4n) is 3.39. The maximum absolute atomic E-state index is 12.8. The number of methoxy groups -OCH3 is 1. The molecule has 1 saturated heterocycles. The minimum absolute atomic E-state index is 0.0104. The van der Waals surface area contributed by atoms with Crippen molar-refractivity contribution in [2.75, 3.05) is 13.7 Å². The van der Waals surface area contributed by atoms with Crippen LogP contribution in [0.3, 0.4) is 0 Å². The highest BCUT2D eigenvalue weighted by atomic mass is 16.5. The maximum atomic E-state index is 12.8. The third-order valence-corrected chi connectivity index (χ3v) is 4.75. The number of aryl methyl sites for hydroxylation is 1. The molecule has 0 aromatic heterocycles. The molecule has 0 bridgehead atoms. The molecule has 1 saturated carbocycles. The minimum Gasteiger partial charge on any atom is -0.496 e. The summed E-state index contributed by atoms with van der Waals surface area (Å²) in [5, 5.41) is 0. The van der Waals surface area contributed by atoms with Gasteiger partial charge < -0.3 is 9.47 Å². The highest BCUT2D eigenvalue weighted by Crippen LogP contribution is 2.45. The Morgan fingerprint density at radius 3 is 2.85 bits per heavy atom. The third-order valence-electron chi connectivity index (χ3n) is 4.75. The van der Waals surface area contributed by atoms with Gasteiger partial charge in [-0.2, -0.15) is 0 Å². The fourth-order valence-corrected chi connectivity index (χ4v) is 3.39. The van der Waals surface area contributed by atoms with Crippen LogP contribution in [0, 0.1) is 12.8 Å². The molecule has 3 heteroatoms. The van der Waals surface area contributed by atoms with Gasteiger partial charge in [-0.15, -0.1) is 0 Å². The first kappa shape index (κ1) is 13.6. The van der Waals surface area contributed by atoms with Crippen molar-refractivity contribution in [3.05, 3.63) is 29.3 Å². The second-order valence-electron chi connectivity index (χ2n) is 6.14. The van der Waals surface area contributed by atoms with Crippen LogP contribution >= 0.6 is 0 Å². The van der Waals surface area contributed by atoms with Crippen molar-refractivity contribution in [1.82, 2.24) is 0 Å². The summed E-state index contributed by atoms with van der Waals surface area (Å²) in [5.41, 5.74) is 1.84. The largest absolute Gasteiger partial charge is 0.496 e. The number of hydrogen-bond donors (Lipinski definition) is 0. The van der Waals surface area contributed by atoms with E-state index < -0.39 is 0 Å². The van der Waals surface area contributed by atoms with Gasteiger partial charge in [0.2, 0.25) is 0 Å². The van der Waals surface area contributed by atoms with Crippen LogP contribution in [-0.2, 0) is 4.74 Å². The van der Waals surface area contributed by atoms with Crippen LogP contribution in [0.15, 0.2) is 18.2 Å². The number of ether oxygens (including phenoxy) is 2. The Morgan fingerprint density at radius 2 is 2.20 bits per heavy atom. The molecule has 0 amide bonds. The van der Waals surface area contributed by atoms with Crippen LogP contribution in [0.1, 0.15) is 48.0 Å². The van der Waals surface area contributed by atoms with E-state index in [1.54, 1.807) is 7.11 Å². The topological polar surface area (TPSA) is 35.5 Å². The SMILES string of the molecule is COc1cc(C)ccc1C(=O)C1CCOC2(CCC2)C1. The lowest BCUT2D eigenvalue weighted by Crippen LogP contribution is -2.47. The number of carbonyl (C=O) groups is 1. The molecule has 1 aromatic carbocycles. The Labute approximate surface area is 120 Å². The van der Waals surface area contributed by atoms with Crippen LogP contribution < -0.4 is 4.74 Å². The van der Waals surface area contributed by atoms with Gasteiger partial charge >= 0.3 is 0 Å². The van der Waals surface area contributed by atoms with Gasteiger partial charge in [0, 0.05) is 12.5 Å². The molecule has 1 aliphatic carbocycles. The second kappa shape index (κ2) is 5.21. The van der Waals surface area contributed by atoms with Gasteiger partial charge in [0.1, 0.15) is 5.75 Å². The number of benzene rings is 1. The number of hydrogen-bond acceptors (Lipinski definition) is 3. The molecule has 0 radical (unpaired) electrons. The number of carbonyl (C=O) groups excluding carboxylic acids is 1. The normalized spacial score (nSPS) is 24.2. The molecule has 1 aliphatic heterocycles. The summed E-state index contributed by atoms with van der Waals surface area (Å²) in [5.74, 6) is 1.00. The molecule has 1 unspecified atom stereocenters. The van der Waals surface area contributed by atoms with Gasteiger partial charge in [0.05, 0.1) is 18.3 Å². The first-order chi connectivity index (χ1) is 9.63. The first-order valence-corrected chi connectivity index (χ1v) is 7.46. The van der Waals surface area contributed by atoms with Gasteiger partial charge in [-0.05, 0) is 56.7 Å².